The van der Waals surface area contributed by atoms with Crippen molar-refractivity contribution in [2.24, 2.45) is 0 Å². The lowest BCUT2D eigenvalue weighted by atomic mass is 9.99. The molecule has 0 fully saturated rings. The van der Waals surface area contributed by atoms with Gasteiger partial charge in [0.05, 0.1) is 30.0 Å². The van der Waals surface area contributed by atoms with Crippen molar-refractivity contribution in [1.82, 2.24) is 10.3 Å². The quantitative estimate of drug-likeness (QED) is 0.467. The fraction of sp³-hybridized carbons (Fsp3) is 0.174. The molecule has 2 N–H and O–H groups in total. The molecule has 152 valence electrons. The highest BCUT2D eigenvalue weighted by Crippen LogP contribution is 2.24. The third kappa shape index (κ3) is 4.26. The van der Waals surface area contributed by atoms with Gasteiger partial charge in [0.2, 0.25) is 5.91 Å². The molecule has 0 saturated heterocycles. The zero-order valence-corrected chi connectivity index (χ0v) is 17.5. The Kier molecular flexibility index (Phi) is 5.63. The molecule has 2 heterocycles. The van der Waals surface area contributed by atoms with Gasteiger partial charge in [0, 0.05) is 5.38 Å². The van der Waals surface area contributed by atoms with Crippen molar-refractivity contribution in [1.29, 1.82) is 0 Å². The van der Waals surface area contributed by atoms with Crippen molar-refractivity contribution >= 4 is 39.1 Å². The van der Waals surface area contributed by atoms with Crippen molar-refractivity contribution in [2.45, 2.75) is 26.3 Å². The van der Waals surface area contributed by atoms with Gasteiger partial charge in [-0.05, 0) is 36.2 Å². The average Bonchev–Trinajstić information content (AvgIpc) is 3.35. The van der Waals surface area contributed by atoms with Crippen LogP contribution < -0.4 is 10.6 Å². The minimum Gasteiger partial charge on any atom is -0.469 e. The fourth-order valence-electron chi connectivity index (χ4n) is 3.39. The van der Waals surface area contributed by atoms with Gasteiger partial charge in [-0.3, -0.25) is 14.9 Å². The molecule has 6 nitrogen and oxygen atoms in total. The number of aromatic nitrogens is 1. The van der Waals surface area contributed by atoms with E-state index in [2.05, 4.69) is 33.8 Å². The van der Waals surface area contributed by atoms with Crippen LogP contribution in [0.2, 0.25) is 0 Å². The molecule has 2 amide bonds. The number of benzene rings is 2. The lowest BCUT2D eigenvalue weighted by molar-refractivity contribution is -0.121. The molecule has 4 rings (SSSR count). The monoisotopic (exact) mass is 419 g/mol. The third-order valence-electron chi connectivity index (χ3n) is 4.88. The molecule has 0 aliphatic carbocycles. The van der Waals surface area contributed by atoms with E-state index in [0.717, 1.165) is 16.3 Å². The molecule has 1 atom stereocenters. The van der Waals surface area contributed by atoms with Crippen molar-refractivity contribution in [3.05, 3.63) is 82.8 Å². The van der Waals surface area contributed by atoms with Gasteiger partial charge in [0.1, 0.15) is 5.76 Å². The second-order valence-electron chi connectivity index (χ2n) is 7.02. The Bertz CT molecular complexity index is 1210. The Morgan fingerprint density at radius 3 is 2.73 bits per heavy atom. The molecule has 0 spiro atoms. The molecule has 0 saturated carbocycles. The van der Waals surface area contributed by atoms with Gasteiger partial charge in [-0.15, -0.1) is 11.3 Å². The maximum Gasteiger partial charge on any atom is 0.260 e. The Balaban J connectivity index is 1.38. The average molecular weight is 420 g/mol. The lowest BCUT2D eigenvalue weighted by Gasteiger charge is -2.16. The van der Waals surface area contributed by atoms with Gasteiger partial charge in [-0.25, -0.2) is 4.98 Å². The first-order valence-corrected chi connectivity index (χ1v) is 10.5. The molecule has 4 aromatic rings. The van der Waals surface area contributed by atoms with Crippen molar-refractivity contribution in [3.63, 3.8) is 0 Å². The molecular formula is C23H21N3O3S. The van der Waals surface area contributed by atoms with E-state index in [4.69, 9.17) is 4.42 Å². The summed E-state index contributed by atoms with van der Waals surface area (Å²) >= 11 is 1.29. The lowest BCUT2D eigenvalue weighted by Crippen LogP contribution is -2.28. The molecule has 2 aromatic carbocycles. The van der Waals surface area contributed by atoms with E-state index in [0.29, 0.717) is 22.1 Å². The van der Waals surface area contributed by atoms with Crippen LogP contribution in [0, 0.1) is 6.92 Å². The zero-order chi connectivity index (χ0) is 21.1. The van der Waals surface area contributed by atoms with E-state index in [1.54, 1.807) is 18.4 Å². The Hall–Kier alpha value is -3.45. The standard InChI is InChI=1S/C23H21N3O3S/c1-14(18-9-5-7-16-6-3-4-8-20(16)18)24-21(27)12-17-13-30-23(25-17)26-22(28)19-10-11-29-15(19)2/h3-11,13-14H,12H2,1-2H3,(H,24,27)(H,25,26,28). The topological polar surface area (TPSA) is 84.2 Å². The summed E-state index contributed by atoms with van der Waals surface area (Å²) in [5.41, 5.74) is 2.15. The van der Waals surface area contributed by atoms with Crippen molar-refractivity contribution < 1.29 is 14.0 Å². The van der Waals surface area contributed by atoms with Crippen molar-refractivity contribution in [3.8, 4) is 0 Å². The number of nitrogens with zero attached hydrogens (tertiary/aromatic N) is 1. The number of hydrogen-bond acceptors (Lipinski definition) is 5. The zero-order valence-electron chi connectivity index (χ0n) is 16.6. The second-order valence-corrected chi connectivity index (χ2v) is 7.88. The van der Waals surface area contributed by atoms with Gasteiger partial charge in [-0.1, -0.05) is 42.5 Å². The number of nitrogens with one attached hydrogen (secondary N) is 2. The summed E-state index contributed by atoms with van der Waals surface area (Å²) in [5.74, 6) is 0.145. The van der Waals surface area contributed by atoms with Crippen LogP contribution in [0.25, 0.3) is 10.8 Å². The normalized spacial score (nSPS) is 11.9. The van der Waals surface area contributed by atoms with E-state index in [1.165, 1.54) is 17.6 Å². The minimum atomic E-state index is -0.281. The molecular weight excluding hydrogens is 398 g/mol. The number of fused-ring (bicyclic) bond motifs is 1. The number of carbonyl (C=O) groups excluding carboxylic acids is 2. The molecule has 30 heavy (non-hydrogen) atoms. The Labute approximate surface area is 177 Å². The highest BCUT2D eigenvalue weighted by atomic mass is 32.1. The van der Waals surface area contributed by atoms with Crippen LogP contribution in [0.3, 0.4) is 0 Å². The molecule has 7 heteroatoms. The number of carbonyl (C=O) groups is 2. The molecule has 0 radical (unpaired) electrons. The number of thiazole rings is 1. The summed E-state index contributed by atoms with van der Waals surface area (Å²) < 4.78 is 5.15. The van der Waals surface area contributed by atoms with Gasteiger partial charge in [0.25, 0.3) is 5.91 Å². The fourth-order valence-corrected chi connectivity index (χ4v) is 4.10. The Morgan fingerprint density at radius 1 is 1.13 bits per heavy atom. The number of anilines is 1. The van der Waals surface area contributed by atoms with Crippen molar-refractivity contribution in [2.75, 3.05) is 5.32 Å². The first-order chi connectivity index (χ1) is 14.5. The molecule has 0 bridgehead atoms. The molecule has 0 aliphatic rings. The summed E-state index contributed by atoms with van der Waals surface area (Å²) in [7, 11) is 0. The maximum absolute atomic E-state index is 12.5. The van der Waals surface area contributed by atoms with Crippen LogP contribution in [0.5, 0.6) is 0 Å². The second kappa shape index (κ2) is 8.51. The predicted molar refractivity (Wildman–Crippen MR) is 118 cm³/mol. The van der Waals surface area contributed by atoms with Crippen LogP contribution in [-0.2, 0) is 11.2 Å². The number of hydrogen-bond donors (Lipinski definition) is 2. The smallest absolute Gasteiger partial charge is 0.260 e. The van der Waals surface area contributed by atoms with E-state index in [9.17, 15) is 9.59 Å². The van der Waals surface area contributed by atoms with Crippen LogP contribution in [0.1, 0.15) is 40.3 Å². The largest absolute Gasteiger partial charge is 0.469 e. The summed E-state index contributed by atoms with van der Waals surface area (Å²) in [6.07, 6.45) is 1.62. The van der Waals surface area contributed by atoms with Crippen LogP contribution in [-0.4, -0.2) is 16.8 Å². The van der Waals surface area contributed by atoms with Crippen LogP contribution in [0.15, 0.2) is 64.6 Å². The summed E-state index contributed by atoms with van der Waals surface area (Å²) in [4.78, 5) is 29.2. The SMILES string of the molecule is Cc1occc1C(=O)Nc1nc(CC(=O)NC(C)c2cccc3ccccc23)cs1. The van der Waals surface area contributed by atoms with Gasteiger partial charge < -0.3 is 9.73 Å². The third-order valence-corrected chi connectivity index (χ3v) is 5.69. The number of furan rings is 1. The van der Waals surface area contributed by atoms with Gasteiger partial charge in [-0.2, -0.15) is 0 Å². The summed E-state index contributed by atoms with van der Waals surface area (Å²) in [5, 5.41) is 10.3. The molecule has 2 aromatic heterocycles. The van der Waals surface area contributed by atoms with Crippen LogP contribution >= 0.6 is 11.3 Å². The van der Waals surface area contributed by atoms with Gasteiger partial charge in [0.15, 0.2) is 5.13 Å². The first-order valence-electron chi connectivity index (χ1n) is 9.58. The van der Waals surface area contributed by atoms with Crippen LogP contribution in [0.4, 0.5) is 5.13 Å². The number of aryl methyl sites for hydroxylation is 1. The number of amides is 2. The highest BCUT2D eigenvalue weighted by molar-refractivity contribution is 7.14. The first kappa shape index (κ1) is 19.8. The molecule has 0 aliphatic heterocycles. The maximum atomic E-state index is 12.5. The van der Waals surface area contributed by atoms with E-state index in [-0.39, 0.29) is 24.3 Å². The van der Waals surface area contributed by atoms with E-state index < -0.39 is 0 Å². The highest BCUT2D eigenvalue weighted by Gasteiger charge is 2.16. The van der Waals surface area contributed by atoms with E-state index in [1.807, 2.05) is 31.2 Å². The van der Waals surface area contributed by atoms with Gasteiger partial charge >= 0.3 is 0 Å². The minimum absolute atomic E-state index is 0.121. The number of rotatable bonds is 6. The predicted octanol–water partition coefficient (Wildman–Crippen LogP) is 4.87. The molecule has 1 unspecified atom stereocenters. The van der Waals surface area contributed by atoms with E-state index >= 15 is 0 Å². The summed E-state index contributed by atoms with van der Waals surface area (Å²) in [6, 6.07) is 15.7. The Morgan fingerprint density at radius 2 is 1.93 bits per heavy atom. The summed E-state index contributed by atoms with van der Waals surface area (Å²) in [6.45, 7) is 3.70.